The Balaban J connectivity index is 1.82. The standard InChI is InChI=1S/C20H19N3O3/c1-13-19(14(2)23(22-13)17-7-5-4-6-8-17)21-20(25)16-9-11-18(12-10-16)26-15(3)24/h4-12H,1-3H3,(H,21,25). The molecule has 0 saturated heterocycles. The molecule has 0 unspecified atom stereocenters. The molecule has 0 aliphatic heterocycles. The fourth-order valence-corrected chi connectivity index (χ4v) is 2.67. The molecule has 0 spiro atoms. The van der Waals surface area contributed by atoms with Crippen LogP contribution in [-0.4, -0.2) is 21.7 Å². The molecule has 3 rings (SSSR count). The Hall–Kier alpha value is -3.41. The van der Waals surface area contributed by atoms with E-state index in [-0.39, 0.29) is 5.91 Å². The molecule has 0 saturated carbocycles. The van der Waals surface area contributed by atoms with Crippen LogP contribution in [0.5, 0.6) is 5.75 Å². The summed E-state index contributed by atoms with van der Waals surface area (Å²) in [4.78, 5) is 23.5. The van der Waals surface area contributed by atoms with Gasteiger partial charge >= 0.3 is 5.97 Å². The van der Waals surface area contributed by atoms with Crippen molar-refractivity contribution in [3.05, 3.63) is 71.5 Å². The molecule has 0 bridgehead atoms. The number of nitrogens with one attached hydrogen (secondary N) is 1. The Morgan fingerprint density at radius 3 is 2.27 bits per heavy atom. The van der Waals surface area contributed by atoms with Gasteiger partial charge in [-0.15, -0.1) is 0 Å². The molecule has 6 heteroatoms. The van der Waals surface area contributed by atoms with Crippen molar-refractivity contribution in [1.82, 2.24) is 9.78 Å². The van der Waals surface area contributed by atoms with Crippen molar-refractivity contribution in [2.24, 2.45) is 0 Å². The summed E-state index contributed by atoms with van der Waals surface area (Å²) in [7, 11) is 0. The first kappa shape index (κ1) is 17.4. The van der Waals surface area contributed by atoms with Crippen LogP contribution in [0.15, 0.2) is 54.6 Å². The zero-order valence-electron chi connectivity index (χ0n) is 14.8. The van der Waals surface area contributed by atoms with Gasteiger partial charge in [-0.1, -0.05) is 18.2 Å². The van der Waals surface area contributed by atoms with Crippen molar-refractivity contribution in [2.45, 2.75) is 20.8 Å². The van der Waals surface area contributed by atoms with Crippen molar-refractivity contribution in [2.75, 3.05) is 5.32 Å². The van der Waals surface area contributed by atoms with E-state index in [1.807, 2.05) is 44.2 Å². The number of anilines is 1. The van der Waals surface area contributed by atoms with Gasteiger partial charge in [0, 0.05) is 12.5 Å². The Morgan fingerprint density at radius 2 is 1.65 bits per heavy atom. The van der Waals surface area contributed by atoms with Gasteiger partial charge in [0.1, 0.15) is 5.75 Å². The number of benzene rings is 2. The predicted molar refractivity (Wildman–Crippen MR) is 98.7 cm³/mol. The van der Waals surface area contributed by atoms with Gasteiger partial charge in [0.15, 0.2) is 0 Å². The number of aromatic nitrogens is 2. The van der Waals surface area contributed by atoms with Crippen LogP contribution in [0.3, 0.4) is 0 Å². The van der Waals surface area contributed by atoms with Crippen molar-refractivity contribution >= 4 is 17.6 Å². The molecule has 1 amide bonds. The molecule has 0 atom stereocenters. The number of esters is 1. The minimum atomic E-state index is -0.401. The summed E-state index contributed by atoms with van der Waals surface area (Å²) in [5.41, 5.74) is 3.66. The summed E-state index contributed by atoms with van der Waals surface area (Å²) in [6.45, 7) is 5.09. The van der Waals surface area contributed by atoms with E-state index in [1.54, 1.807) is 28.9 Å². The van der Waals surface area contributed by atoms with Gasteiger partial charge in [-0.2, -0.15) is 5.10 Å². The average Bonchev–Trinajstić information content (AvgIpc) is 2.91. The van der Waals surface area contributed by atoms with Crippen molar-refractivity contribution in [1.29, 1.82) is 0 Å². The highest BCUT2D eigenvalue weighted by Crippen LogP contribution is 2.23. The third-order valence-corrected chi connectivity index (χ3v) is 3.91. The highest BCUT2D eigenvalue weighted by molar-refractivity contribution is 6.05. The summed E-state index contributed by atoms with van der Waals surface area (Å²) in [5.74, 6) is -0.252. The minimum absolute atomic E-state index is 0.252. The molecule has 1 N–H and O–H groups in total. The van der Waals surface area contributed by atoms with E-state index in [0.29, 0.717) is 17.0 Å². The van der Waals surface area contributed by atoms with Gasteiger partial charge in [0.05, 0.1) is 22.8 Å². The lowest BCUT2D eigenvalue weighted by Gasteiger charge is -2.08. The van der Waals surface area contributed by atoms with Crippen LogP contribution in [0.1, 0.15) is 28.7 Å². The van der Waals surface area contributed by atoms with Crippen LogP contribution in [0, 0.1) is 13.8 Å². The maximum atomic E-state index is 12.5. The van der Waals surface area contributed by atoms with Crippen LogP contribution >= 0.6 is 0 Å². The number of hydrogen-bond donors (Lipinski definition) is 1. The van der Waals surface area contributed by atoms with Gasteiger partial charge < -0.3 is 10.1 Å². The fourth-order valence-electron chi connectivity index (χ4n) is 2.67. The normalized spacial score (nSPS) is 10.4. The van der Waals surface area contributed by atoms with E-state index >= 15 is 0 Å². The Labute approximate surface area is 151 Å². The molecule has 0 aliphatic rings. The molecule has 0 aliphatic carbocycles. The van der Waals surface area contributed by atoms with Crippen LogP contribution in [0.2, 0.25) is 0 Å². The van der Waals surface area contributed by atoms with E-state index in [9.17, 15) is 9.59 Å². The van der Waals surface area contributed by atoms with E-state index in [0.717, 1.165) is 17.1 Å². The second kappa shape index (κ2) is 7.23. The fraction of sp³-hybridized carbons (Fsp3) is 0.150. The molecule has 132 valence electrons. The first-order valence-corrected chi connectivity index (χ1v) is 8.17. The smallest absolute Gasteiger partial charge is 0.308 e. The molecule has 3 aromatic rings. The maximum absolute atomic E-state index is 12.5. The summed E-state index contributed by atoms with van der Waals surface area (Å²) in [6.07, 6.45) is 0. The predicted octanol–water partition coefficient (Wildman–Crippen LogP) is 3.67. The highest BCUT2D eigenvalue weighted by atomic mass is 16.5. The topological polar surface area (TPSA) is 73.2 Å². The van der Waals surface area contributed by atoms with Crippen LogP contribution < -0.4 is 10.1 Å². The Morgan fingerprint density at radius 1 is 1.00 bits per heavy atom. The van der Waals surface area contributed by atoms with E-state index < -0.39 is 5.97 Å². The molecular weight excluding hydrogens is 330 g/mol. The van der Waals surface area contributed by atoms with Crippen LogP contribution in [0.25, 0.3) is 5.69 Å². The van der Waals surface area contributed by atoms with Gasteiger partial charge in [-0.3, -0.25) is 9.59 Å². The summed E-state index contributed by atoms with van der Waals surface area (Å²) in [6, 6.07) is 16.1. The first-order chi connectivity index (χ1) is 12.5. The van der Waals surface area contributed by atoms with E-state index in [1.165, 1.54) is 6.92 Å². The lowest BCUT2D eigenvalue weighted by Crippen LogP contribution is -2.13. The Kier molecular flexibility index (Phi) is 4.84. The number of para-hydroxylation sites is 1. The van der Waals surface area contributed by atoms with Crippen molar-refractivity contribution in [3.63, 3.8) is 0 Å². The average molecular weight is 349 g/mol. The zero-order valence-corrected chi connectivity index (χ0v) is 14.8. The molecule has 1 aromatic heterocycles. The number of aryl methyl sites for hydroxylation is 1. The van der Waals surface area contributed by atoms with E-state index in [4.69, 9.17) is 4.74 Å². The third kappa shape index (κ3) is 3.64. The number of hydrogen-bond acceptors (Lipinski definition) is 4. The van der Waals surface area contributed by atoms with Crippen LogP contribution in [-0.2, 0) is 4.79 Å². The zero-order chi connectivity index (χ0) is 18.7. The number of nitrogens with zero attached hydrogens (tertiary/aromatic N) is 2. The number of carbonyl (C=O) groups is 2. The molecule has 0 fully saturated rings. The van der Waals surface area contributed by atoms with Gasteiger partial charge in [-0.25, -0.2) is 4.68 Å². The molecule has 1 heterocycles. The number of carbonyl (C=O) groups excluding carboxylic acids is 2. The largest absolute Gasteiger partial charge is 0.427 e. The van der Waals surface area contributed by atoms with Gasteiger partial charge in [-0.05, 0) is 50.2 Å². The minimum Gasteiger partial charge on any atom is -0.427 e. The molecule has 2 aromatic carbocycles. The lowest BCUT2D eigenvalue weighted by atomic mass is 10.2. The van der Waals surface area contributed by atoms with Gasteiger partial charge in [0.25, 0.3) is 5.91 Å². The monoisotopic (exact) mass is 349 g/mol. The number of amides is 1. The number of ether oxygens (including phenoxy) is 1. The summed E-state index contributed by atoms with van der Waals surface area (Å²) >= 11 is 0. The molecule has 6 nitrogen and oxygen atoms in total. The summed E-state index contributed by atoms with van der Waals surface area (Å²) in [5, 5.41) is 7.43. The molecule has 0 radical (unpaired) electrons. The van der Waals surface area contributed by atoms with Gasteiger partial charge in [0.2, 0.25) is 0 Å². The number of rotatable bonds is 4. The second-order valence-electron chi connectivity index (χ2n) is 5.87. The molecular formula is C20H19N3O3. The van der Waals surface area contributed by atoms with Crippen molar-refractivity contribution in [3.8, 4) is 11.4 Å². The highest BCUT2D eigenvalue weighted by Gasteiger charge is 2.16. The SMILES string of the molecule is CC(=O)Oc1ccc(C(=O)Nc2c(C)nn(-c3ccccc3)c2C)cc1. The second-order valence-corrected chi connectivity index (χ2v) is 5.87. The summed E-state index contributed by atoms with van der Waals surface area (Å²) < 4.78 is 6.77. The van der Waals surface area contributed by atoms with Crippen molar-refractivity contribution < 1.29 is 14.3 Å². The third-order valence-electron chi connectivity index (χ3n) is 3.91. The van der Waals surface area contributed by atoms with E-state index in [2.05, 4.69) is 10.4 Å². The lowest BCUT2D eigenvalue weighted by molar-refractivity contribution is -0.131. The maximum Gasteiger partial charge on any atom is 0.308 e. The van der Waals surface area contributed by atoms with Crippen LogP contribution in [0.4, 0.5) is 5.69 Å². The first-order valence-electron chi connectivity index (χ1n) is 8.17. The quantitative estimate of drug-likeness (QED) is 0.576. The Bertz CT molecular complexity index is 944. The molecule has 26 heavy (non-hydrogen) atoms.